The third-order valence-electron chi connectivity index (χ3n) is 10.5. The maximum Gasteiger partial charge on any atom is 0.264 e. The number of nitrogens with zero attached hydrogens (tertiary/aromatic N) is 5. The normalized spacial score (nSPS) is 24.3. The quantitative estimate of drug-likeness (QED) is 0.201. The number of hydrogen-bond acceptors (Lipinski definition) is 8. The van der Waals surface area contributed by atoms with Gasteiger partial charge in [0.2, 0.25) is 5.91 Å². The monoisotopic (exact) mass is 758 g/mol. The maximum atomic E-state index is 14.9. The summed E-state index contributed by atoms with van der Waals surface area (Å²) < 4.78 is 9.62. The molecule has 1 aromatic heterocycles. The number of rotatable bonds is 10. The predicted octanol–water partition coefficient (Wildman–Crippen LogP) is 4.54. The van der Waals surface area contributed by atoms with Crippen LogP contribution < -0.4 is 15.1 Å². The van der Waals surface area contributed by atoms with Crippen LogP contribution in [-0.2, 0) is 33.0 Å². The number of aromatic nitrogens is 3. The minimum Gasteiger partial charge on any atom is -0.432 e. The Morgan fingerprint density at radius 2 is 1.90 bits per heavy atom. The van der Waals surface area contributed by atoms with Crippen molar-refractivity contribution in [2.75, 3.05) is 36.0 Å². The maximum absolute atomic E-state index is 14.9. The van der Waals surface area contributed by atoms with E-state index in [2.05, 4.69) is 31.6 Å². The molecule has 2 amide bonds. The van der Waals surface area contributed by atoms with Crippen LogP contribution in [-0.4, -0.2) is 77.4 Å². The van der Waals surface area contributed by atoms with Gasteiger partial charge in [0, 0.05) is 53.0 Å². The van der Waals surface area contributed by atoms with Crippen molar-refractivity contribution in [3.8, 4) is 0 Å². The van der Waals surface area contributed by atoms with Crippen LogP contribution >= 0.6 is 15.9 Å². The number of nitrogens with one attached hydrogen (secondary N) is 1. The summed E-state index contributed by atoms with van der Waals surface area (Å²) in [6.07, 6.45) is 1.96. The number of benzene rings is 3. The average Bonchev–Trinajstić information content (AvgIpc) is 3.75. The topological polar surface area (TPSA) is 133 Å². The molecule has 1 unspecified atom stereocenters. The third kappa shape index (κ3) is 6.24. The van der Waals surface area contributed by atoms with Gasteiger partial charge in [0.25, 0.3) is 5.91 Å². The van der Waals surface area contributed by atoms with Gasteiger partial charge in [-0.2, -0.15) is 0 Å². The summed E-state index contributed by atoms with van der Waals surface area (Å²) >= 11 is 3.64. The van der Waals surface area contributed by atoms with E-state index >= 15 is 0 Å². The van der Waals surface area contributed by atoms with E-state index in [0.717, 1.165) is 39.1 Å². The van der Waals surface area contributed by atoms with Crippen molar-refractivity contribution in [2.45, 2.75) is 62.7 Å². The molecule has 7 rings (SSSR count). The second kappa shape index (κ2) is 13.8. The molecular weight excluding hydrogens is 716 g/mol. The van der Waals surface area contributed by atoms with E-state index in [1.165, 1.54) is 0 Å². The number of aryl methyl sites for hydroxylation is 1. The number of ether oxygens (including phenoxy) is 1. The summed E-state index contributed by atoms with van der Waals surface area (Å²) in [5.74, 6) is -0.725. The lowest BCUT2D eigenvalue weighted by molar-refractivity contribution is -0.146. The number of anilines is 2. The highest BCUT2D eigenvalue weighted by Gasteiger charge is 2.66. The molecule has 13 heteroatoms. The molecular formula is C37H43BrN6O5Si. The van der Waals surface area contributed by atoms with E-state index in [-0.39, 0.29) is 35.8 Å². The fraction of sp³-hybridized carbons (Fsp3) is 0.405. The Morgan fingerprint density at radius 3 is 2.64 bits per heavy atom. The smallest absolute Gasteiger partial charge is 0.264 e. The second-order valence-electron chi connectivity index (χ2n) is 14.1. The largest absolute Gasteiger partial charge is 0.432 e. The van der Waals surface area contributed by atoms with E-state index < -0.39 is 20.0 Å². The summed E-state index contributed by atoms with van der Waals surface area (Å²) in [6.45, 7) is 8.18. The van der Waals surface area contributed by atoms with Crippen LogP contribution in [0.25, 0.3) is 0 Å². The molecule has 3 aliphatic heterocycles. The zero-order valence-electron chi connectivity index (χ0n) is 28.5. The molecule has 50 heavy (non-hydrogen) atoms. The van der Waals surface area contributed by atoms with Crippen molar-refractivity contribution in [3.05, 3.63) is 106 Å². The van der Waals surface area contributed by atoms with Crippen LogP contribution in [0.3, 0.4) is 0 Å². The lowest BCUT2D eigenvalue weighted by Gasteiger charge is -2.32. The van der Waals surface area contributed by atoms with Gasteiger partial charge in [-0.15, -0.1) is 5.10 Å². The zero-order valence-corrected chi connectivity index (χ0v) is 31.1. The zero-order chi connectivity index (χ0) is 35.2. The highest BCUT2D eigenvalue weighted by Crippen LogP contribution is 2.60. The van der Waals surface area contributed by atoms with Crippen molar-refractivity contribution in [1.29, 1.82) is 0 Å². The van der Waals surface area contributed by atoms with Crippen LogP contribution in [0.1, 0.15) is 41.6 Å². The number of carbonyl (C=O) groups is 2. The first-order chi connectivity index (χ1) is 24.0. The Kier molecular flexibility index (Phi) is 9.56. The average molecular weight is 760 g/mol. The van der Waals surface area contributed by atoms with Crippen molar-refractivity contribution in [1.82, 2.24) is 20.3 Å². The first-order valence-electron chi connectivity index (χ1n) is 17.2. The fourth-order valence-electron chi connectivity index (χ4n) is 8.26. The Hall–Kier alpha value is -3.72. The summed E-state index contributed by atoms with van der Waals surface area (Å²) in [5.41, 5.74) is 3.41. The van der Waals surface area contributed by atoms with E-state index in [4.69, 9.17) is 4.74 Å². The number of piperazine rings is 1. The van der Waals surface area contributed by atoms with Crippen LogP contribution in [0.15, 0.2) is 83.5 Å². The Balaban J connectivity index is 1.17. The second-order valence-corrected chi connectivity index (χ2v) is 19.0. The van der Waals surface area contributed by atoms with Gasteiger partial charge in [-0.05, 0) is 61.0 Å². The number of halogens is 1. The Morgan fingerprint density at radius 1 is 1.10 bits per heavy atom. The lowest BCUT2D eigenvalue weighted by Crippen LogP contribution is -2.48. The molecule has 0 aliphatic carbocycles. The van der Waals surface area contributed by atoms with Gasteiger partial charge in [0.1, 0.15) is 0 Å². The standard InChI is InChI=1S/C37H43BrN6O5Si/c1-24-35(50(2,3)48)33(14-16-42-22-31(40-41-42)29(23-45)26-9-5-4-6-10-26)49-37(24)30-19-27(38)12-13-32(30)44(36(37)47)21-25-8-7-11-28(18-25)43-17-15-39-20-34(43)46/h4-13,18-19,22,24,29,33,35,39,45,48H,14-17,20-21,23H2,1-3H3/t24-,29?,33+,35-,37+/m1/s1. The van der Waals surface area contributed by atoms with Gasteiger partial charge < -0.3 is 29.8 Å². The van der Waals surface area contributed by atoms with Crippen molar-refractivity contribution < 1.29 is 24.2 Å². The molecule has 0 bridgehead atoms. The number of fused-ring (bicyclic) bond motifs is 2. The van der Waals surface area contributed by atoms with Crippen molar-refractivity contribution in [3.63, 3.8) is 0 Å². The summed E-state index contributed by atoms with van der Waals surface area (Å²) in [4.78, 5) is 42.8. The third-order valence-corrected chi connectivity index (χ3v) is 13.5. The summed E-state index contributed by atoms with van der Waals surface area (Å²) in [7, 11) is -2.87. The molecule has 1 spiro atoms. The van der Waals surface area contributed by atoms with Crippen LogP contribution in [0, 0.1) is 5.92 Å². The minimum absolute atomic E-state index is 0.0207. The number of aliphatic hydroxyl groups is 1. The molecule has 262 valence electrons. The van der Waals surface area contributed by atoms with Gasteiger partial charge in [0.15, 0.2) is 13.9 Å². The molecule has 4 aromatic rings. The van der Waals surface area contributed by atoms with E-state index in [1.54, 1.807) is 14.5 Å². The van der Waals surface area contributed by atoms with Gasteiger partial charge >= 0.3 is 0 Å². The highest BCUT2D eigenvalue weighted by atomic mass is 79.9. The molecule has 0 radical (unpaired) electrons. The number of carbonyl (C=O) groups excluding carboxylic acids is 2. The van der Waals surface area contributed by atoms with Gasteiger partial charge in [-0.1, -0.05) is 70.5 Å². The van der Waals surface area contributed by atoms with Gasteiger partial charge in [-0.3, -0.25) is 14.3 Å². The van der Waals surface area contributed by atoms with E-state index in [0.29, 0.717) is 38.3 Å². The highest BCUT2D eigenvalue weighted by molar-refractivity contribution is 9.10. The first-order valence-corrected chi connectivity index (χ1v) is 21.0. The molecule has 3 aliphatic rings. The van der Waals surface area contributed by atoms with E-state index in [1.807, 2.05) is 99.0 Å². The van der Waals surface area contributed by atoms with Gasteiger partial charge in [0.05, 0.1) is 43.1 Å². The summed E-state index contributed by atoms with van der Waals surface area (Å²) in [5, 5.41) is 22.0. The van der Waals surface area contributed by atoms with Crippen LogP contribution in [0.4, 0.5) is 11.4 Å². The number of aliphatic hydroxyl groups excluding tert-OH is 1. The first kappa shape index (κ1) is 34.7. The van der Waals surface area contributed by atoms with Crippen molar-refractivity contribution in [2.24, 2.45) is 5.92 Å². The Labute approximate surface area is 301 Å². The molecule has 4 heterocycles. The van der Waals surface area contributed by atoms with E-state index in [9.17, 15) is 19.5 Å². The molecule has 11 nitrogen and oxygen atoms in total. The fourth-order valence-corrected chi connectivity index (χ4v) is 11.2. The van der Waals surface area contributed by atoms with Crippen LogP contribution in [0.5, 0.6) is 0 Å². The van der Waals surface area contributed by atoms with Crippen LogP contribution in [0.2, 0.25) is 18.6 Å². The summed E-state index contributed by atoms with van der Waals surface area (Å²) in [6, 6.07) is 23.4. The molecule has 2 saturated heterocycles. The number of amides is 2. The molecule has 3 N–H and O–H groups in total. The molecule has 0 saturated carbocycles. The molecule has 5 atom stereocenters. The molecule has 2 fully saturated rings. The Bertz CT molecular complexity index is 1890. The van der Waals surface area contributed by atoms with Crippen molar-refractivity contribution >= 4 is 47.4 Å². The predicted molar refractivity (Wildman–Crippen MR) is 196 cm³/mol. The van der Waals surface area contributed by atoms with Gasteiger partial charge in [-0.25, -0.2) is 0 Å². The SMILES string of the molecule is C[C@@H]1[C@@H]([Si](C)(C)O)[C@H](CCn2cc(C(CO)c3ccccc3)nn2)O[C@@]12C(=O)N(Cc1cccc(N3CCNCC3=O)c1)c1ccc(Br)cc12. The minimum atomic E-state index is -2.87. The lowest BCUT2D eigenvalue weighted by atomic mass is 9.82. The number of hydrogen-bond donors (Lipinski definition) is 3. The molecule has 3 aromatic carbocycles.